The maximum atomic E-state index is 11.4. The van der Waals surface area contributed by atoms with Crippen molar-refractivity contribution in [1.82, 2.24) is 0 Å². The Morgan fingerprint density at radius 2 is 2.10 bits per heavy atom. The molecule has 0 bridgehead atoms. The highest BCUT2D eigenvalue weighted by Gasteiger charge is 2.18. The molecular formula is C12H12N2O6. The summed E-state index contributed by atoms with van der Waals surface area (Å²) in [6, 6.07) is 4.27. The topological polar surface area (TPSA) is 119 Å². The van der Waals surface area contributed by atoms with E-state index in [0.29, 0.717) is 11.6 Å². The van der Waals surface area contributed by atoms with E-state index in [-0.39, 0.29) is 11.4 Å². The van der Waals surface area contributed by atoms with Crippen molar-refractivity contribution in [1.29, 1.82) is 0 Å². The third kappa shape index (κ3) is 3.80. The molecule has 0 aliphatic rings. The summed E-state index contributed by atoms with van der Waals surface area (Å²) in [6.07, 6.45) is 0.579. The van der Waals surface area contributed by atoms with Crippen molar-refractivity contribution in [3.8, 4) is 0 Å². The number of hydrogen-bond donors (Lipinski definition) is 2. The van der Waals surface area contributed by atoms with Crippen LogP contribution >= 0.6 is 0 Å². The van der Waals surface area contributed by atoms with Gasteiger partial charge < -0.3 is 15.2 Å². The molecule has 0 aliphatic heterocycles. The summed E-state index contributed by atoms with van der Waals surface area (Å²) < 4.78 is 4.41. The minimum atomic E-state index is -1.38. The van der Waals surface area contributed by atoms with E-state index in [0.717, 1.165) is 7.11 Å². The average Bonchev–Trinajstić information content (AvgIpc) is 2.38. The second-order valence-electron chi connectivity index (χ2n) is 3.79. The average molecular weight is 280 g/mol. The summed E-state index contributed by atoms with van der Waals surface area (Å²) in [5.41, 5.74) is -0.0280. The van der Waals surface area contributed by atoms with Crippen molar-refractivity contribution in [3.63, 3.8) is 0 Å². The summed E-state index contributed by atoms with van der Waals surface area (Å²) in [5, 5.41) is 22.0. The number of anilines is 1. The third-order valence-corrected chi connectivity index (χ3v) is 2.29. The van der Waals surface area contributed by atoms with Crippen molar-refractivity contribution in [2.75, 3.05) is 12.4 Å². The van der Waals surface area contributed by atoms with Gasteiger partial charge in [-0.25, -0.2) is 9.59 Å². The van der Waals surface area contributed by atoms with Gasteiger partial charge in [0.05, 0.1) is 18.1 Å². The number of benzene rings is 1. The molecule has 0 aliphatic carbocycles. The standard InChI is InChI=1S/C12H12N2O6/c1-7-3-4-8(10(5-7)14(18)19)13-9(6-11(15)16)12(17)20-2/h3-6,13H,1-2H3,(H,15,16). The Balaban J connectivity index is 3.21. The number of carboxylic acid groups (broad SMARTS) is 1. The molecule has 0 amide bonds. The van der Waals surface area contributed by atoms with Crippen LogP contribution in [-0.4, -0.2) is 29.1 Å². The number of aliphatic carboxylic acids is 1. The molecule has 0 heterocycles. The van der Waals surface area contributed by atoms with Gasteiger partial charge in [-0.1, -0.05) is 6.07 Å². The summed E-state index contributed by atoms with van der Waals surface area (Å²) in [5.74, 6) is -2.32. The lowest BCUT2D eigenvalue weighted by atomic mass is 10.2. The van der Waals surface area contributed by atoms with Crippen LogP contribution in [0.2, 0.25) is 0 Å². The van der Waals surface area contributed by atoms with Crippen molar-refractivity contribution in [2.45, 2.75) is 6.92 Å². The first-order chi connectivity index (χ1) is 9.35. The van der Waals surface area contributed by atoms with Crippen LogP contribution < -0.4 is 5.32 Å². The maximum Gasteiger partial charge on any atom is 0.354 e. The Labute approximate surface area is 113 Å². The molecule has 0 unspecified atom stereocenters. The SMILES string of the molecule is COC(=O)C(=CC(=O)O)Nc1ccc(C)cc1[N+](=O)[O-]. The van der Waals surface area contributed by atoms with Crippen LogP contribution in [-0.2, 0) is 14.3 Å². The van der Waals surface area contributed by atoms with E-state index in [4.69, 9.17) is 5.11 Å². The van der Waals surface area contributed by atoms with Crippen LogP contribution in [0, 0.1) is 17.0 Å². The number of rotatable bonds is 5. The minimum Gasteiger partial charge on any atom is -0.478 e. The molecule has 0 aromatic heterocycles. The van der Waals surface area contributed by atoms with E-state index in [1.54, 1.807) is 13.0 Å². The molecule has 8 heteroatoms. The zero-order chi connectivity index (χ0) is 15.3. The minimum absolute atomic E-state index is 0.00139. The van der Waals surface area contributed by atoms with E-state index >= 15 is 0 Å². The molecule has 0 atom stereocenters. The number of nitrogens with one attached hydrogen (secondary N) is 1. The van der Waals surface area contributed by atoms with Crippen LogP contribution in [0.25, 0.3) is 0 Å². The van der Waals surface area contributed by atoms with Gasteiger partial charge in [0, 0.05) is 6.07 Å². The molecule has 0 fully saturated rings. The lowest BCUT2D eigenvalue weighted by molar-refractivity contribution is -0.384. The Kier molecular flexibility index (Phi) is 4.79. The molecule has 106 valence electrons. The Hall–Kier alpha value is -2.90. The highest BCUT2D eigenvalue weighted by molar-refractivity contribution is 5.98. The smallest absolute Gasteiger partial charge is 0.354 e. The monoisotopic (exact) mass is 280 g/mol. The van der Waals surface area contributed by atoms with Crippen LogP contribution in [0.15, 0.2) is 30.0 Å². The van der Waals surface area contributed by atoms with Crippen molar-refractivity contribution in [3.05, 3.63) is 45.6 Å². The highest BCUT2D eigenvalue weighted by Crippen LogP contribution is 2.26. The highest BCUT2D eigenvalue weighted by atomic mass is 16.6. The van der Waals surface area contributed by atoms with Gasteiger partial charge in [-0.15, -0.1) is 0 Å². The van der Waals surface area contributed by atoms with Crippen LogP contribution in [0.5, 0.6) is 0 Å². The van der Waals surface area contributed by atoms with Gasteiger partial charge in [0.2, 0.25) is 0 Å². The van der Waals surface area contributed by atoms with E-state index in [1.165, 1.54) is 12.1 Å². The number of nitro benzene ring substituents is 1. The zero-order valence-electron chi connectivity index (χ0n) is 10.7. The number of ether oxygens (including phenoxy) is 1. The van der Waals surface area contributed by atoms with Gasteiger partial charge >= 0.3 is 11.9 Å². The fraction of sp³-hybridized carbons (Fsp3) is 0.167. The fourth-order valence-corrected chi connectivity index (χ4v) is 1.42. The second-order valence-corrected chi connectivity index (χ2v) is 3.79. The third-order valence-electron chi connectivity index (χ3n) is 2.29. The lowest BCUT2D eigenvalue weighted by Gasteiger charge is -2.09. The molecule has 0 saturated heterocycles. The molecular weight excluding hydrogens is 268 g/mol. The number of methoxy groups -OCH3 is 1. The van der Waals surface area contributed by atoms with Crippen LogP contribution in [0.3, 0.4) is 0 Å². The van der Waals surface area contributed by atoms with Crippen molar-refractivity contribution >= 4 is 23.3 Å². The first-order valence-corrected chi connectivity index (χ1v) is 5.40. The molecule has 2 N–H and O–H groups in total. The van der Waals surface area contributed by atoms with Crippen molar-refractivity contribution < 1.29 is 24.4 Å². The Morgan fingerprint density at radius 3 is 2.60 bits per heavy atom. The summed E-state index contributed by atoms with van der Waals surface area (Å²) in [4.78, 5) is 32.3. The van der Waals surface area contributed by atoms with Crippen LogP contribution in [0.4, 0.5) is 11.4 Å². The molecule has 8 nitrogen and oxygen atoms in total. The number of carbonyl (C=O) groups excluding carboxylic acids is 1. The van der Waals surface area contributed by atoms with Gasteiger partial charge in [0.15, 0.2) is 0 Å². The first kappa shape index (κ1) is 15.2. The molecule has 1 aromatic carbocycles. The van der Waals surface area contributed by atoms with Gasteiger partial charge in [0.25, 0.3) is 5.69 Å². The van der Waals surface area contributed by atoms with Gasteiger partial charge in [-0.2, -0.15) is 0 Å². The Morgan fingerprint density at radius 1 is 1.45 bits per heavy atom. The summed E-state index contributed by atoms with van der Waals surface area (Å²) in [7, 11) is 1.07. The second kappa shape index (κ2) is 6.32. The summed E-state index contributed by atoms with van der Waals surface area (Å²) >= 11 is 0. The normalized spacial score (nSPS) is 10.8. The van der Waals surface area contributed by atoms with Crippen LogP contribution in [0.1, 0.15) is 5.56 Å². The van der Waals surface area contributed by atoms with E-state index in [1.807, 2.05) is 0 Å². The quantitative estimate of drug-likeness (QED) is 0.362. The summed E-state index contributed by atoms with van der Waals surface area (Å²) in [6.45, 7) is 1.67. The maximum absolute atomic E-state index is 11.4. The number of hydrogen-bond acceptors (Lipinski definition) is 6. The molecule has 1 rings (SSSR count). The number of aryl methyl sites for hydroxylation is 1. The molecule has 0 radical (unpaired) electrons. The van der Waals surface area contributed by atoms with Crippen molar-refractivity contribution in [2.24, 2.45) is 0 Å². The molecule has 1 aromatic rings. The predicted octanol–water partition coefficient (Wildman–Crippen LogP) is 1.46. The Bertz CT molecular complexity index is 594. The van der Waals surface area contributed by atoms with Gasteiger partial charge in [0.1, 0.15) is 11.4 Å². The fourth-order valence-electron chi connectivity index (χ4n) is 1.42. The van der Waals surface area contributed by atoms with Gasteiger partial charge in [-0.3, -0.25) is 10.1 Å². The predicted molar refractivity (Wildman–Crippen MR) is 69.2 cm³/mol. The number of nitrogens with zero attached hydrogens (tertiary/aromatic N) is 1. The molecule has 0 spiro atoms. The lowest BCUT2D eigenvalue weighted by Crippen LogP contribution is -2.15. The van der Waals surface area contributed by atoms with E-state index in [9.17, 15) is 19.7 Å². The number of carboxylic acids is 1. The first-order valence-electron chi connectivity index (χ1n) is 5.40. The molecule has 0 saturated carbocycles. The van der Waals surface area contributed by atoms with Gasteiger partial charge in [-0.05, 0) is 18.6 Å². The van der Waals surface area contributed by atoms with E-state index in [2.05, 4.69) is 10.1 Å². The largest absolute Gasteiger partial charge is 0.478 e. The van der Waals surface area contributed by atoms with E-state index < -0.39 is 22.6 Å². The molecule has 20 heavy (non-hydrogen) atoms. The zero-order valence-corrected chi connectivity index (χ0v) is 10.7. The number of esters is 1. The number of nitro groups is 1. The number of carbonyl (C=O) groups is 2.